The van der Waals surface area contributed by atoms with E-state index in [1.807, 2.05) is 77.4 Å². The highest BCUT2D eigenvalue weighted by molar-refractivity contribution is 7.20. The Kier molecular flexibility index (Phi) is 14.0. The molecule has 1 aromatic heterocycles. The molecule has 0 N–H and O–H groups in total. The highest BCUT2D eigenvalue weighted by atomic mass is 19.2. The summed E-state index contributed by atoms with van der Waals surface area (Å²) in [6.07, 6.45) is -7.22. The molecular weight excluding hydrogens is 1010 g/mol. The van der Waals surface area contributed by atoms with Gasteiger partial charge >= 0.3 is 0 Å². The number of aromatic nitrogens is 1. The molecule has 0 spiro atoms. The van der Waals surface area contributed by atoms with Gasteiger partial charge in [0.05, 0.1) is 11.6 Å². The molecule has 8 rings (SSSR count). The number of benzene rings is 7. The van der Waals surface area contributed by atoms with Gasteiger partial charge in [0.1, 0.15) is 52.7 Å². The third-order valence-electron chi connectivity index (χ3n) is 11.4. The van der Waals surface area contributed by atoms with E-state index in [1.165, 1.54) is 0 Å². The van der Waals surface area contributed by atoms with Crippen LogP contribution in [-0.4, -0.2) is 11.9 Å². The molecule has 3 nitrogen and oxygen atoms in total. The molecule has 0 radical (unpaired) electrons. The summed E-state index contributed by atoms with van der Waals surface area (Å²) in [5.41, 5.74) is -10.1. The molecule has 0 aliphatic heterocycles. The van der Waals surface area contributed by atoms with Crippen LogP contribution in [0.2, 0.25) is 0 Å². The number of rotatable bonds is 8. The first-order chi connectivity index (χ1) is 34.0. The number of halogens is 20. The summed E-state index contributed by atoms with van der Waals surface area (Å²) in [4.78, 5) is 12.9. The van der Waals surface area contributed by atoms with Crippen LogP contribution in [0, 0.1) is 128 Å². The predicted octanol–water partition coefficient (Wildman–Crippen LogP) is 10.4. The maximum atomic E-state index is 15.4. The van der Waals surface area contributed by atoms with Crippen molar-refractivity contribution in [2.24, 2.45) is 0 Å². The molecule has 1 heterocycles. The first-order valence-corrected chi connectivity index (χ1v) is 19.7. The SMILES string of the molecule is Fc1c(F)c(F)c([B-](c2c(F)c(F)c(F)c(F)c2F)(c2c(F)c(F)c(F)c(F)c2F)c2c(F)c(F)c(F)c(F)c2F)c(F)c1F.N#Cc1ccc(-c2ccc3ccccc3[n+]2CC(=O)c2ccccc2)cc1. The highest BCUT2D eigenvalue weighted by Crippen LogP contribution is 2.31. The zero-order valence-corrected chi connectivity index (χ0v) is 34.8. The van der Waals surface area contributed by atoms with E-state index < -0.39 is 144 Å². The van der Waals surface area contributed by atoms with Gasteiger partial charge in [-0.25, -0.2) is 87.8 Å². The second kappa shape index (κ2) is 19.5. The van der Waals surface area contributed by atoms with E-state index >= 15 is 35.1 Å². The average Bonchev–Trinajstić information content (AvgIpc) is 3.39. The lowest BCUT2D eigenvalue weighted by atomic mass is 9.12. The third-order valence-corrected chi connectivity index (χ3v) is 11.4. The number of Topliss-reactive ketones (excluding diaryl/α,β-unsaturated/α-hetero) is 1. The number of para-hydroxylation sites is 1. The molecule has 0 saturated carbocycles. The number of hydrogen-bond acceptors (Lipinski definition) is 2. The predicted molar refractivity (Wildman–Crippen MR) is 214 cm³/mol. The van der Waals surface area contributed by atoms with Crippen LogP contribution in [0.4, 0.5) is 87.8 Å². The molecule has 72 heavy (non-hydrogen) atoms. The molecule has 0 atom stereocenters. The Balaban J connectivity index is 0.000000238. The van der Waals surface area contributed by atoms with E-state index in [1.54, 1.807) is 12.1 Å². The number of hydrogen-bond donors (Lipinski definition) is 0. The Morgan fingerprint density at radius 3 is 1.06 bits per heavy atom. The normalized spacial score (nSPS) is 11.4. The van der Waals surface area contributed by atoms with Crippen LogP contribution in [0.25, 0.3) is 22.2 Å². The molecule has 0 saturated heterocycles. The topological polar surface area (TPSA) is 44.7 Å². The zero-order valence-electron chi connectivity index (χ0n) is 34.8. The minimum atomic E-state index is -7.22. The lowest BCUT2D eigenvalue weighted by Gasteiger charge is -2.44. The van der Waals surface area contributed by atoms with E-state index in [9.17, 15) is 57.5 Å². The van der Waals surface area contributed by atoms with Crippen molar-refractivity contribution < 1.29 is 97.2 Å². The van der Waals surface area contributed by atoms with E-state index in [0.717, 1.165) is 22.2 Å². The fourth-order valence-electron chi connectivity index (χ4n) is 8.13. The molecule has 0 unspecified atom stereocenters. The third kappa shape index (κ3) is 8.11. The Bertz CT molecular complexity index is 3210. The first kappa shape index (κ1) is 51.6. The summed E-state index contributed by atoms with van der Waals surface area (Å²) in [5.74, 6) is -71.3. The van der Waals surface area contributed by atoms with E-state index in [2.05, 4.69) is 12.1 Å². The van der Waals surface area contributed by atoms with E-state index in [0.29, 0.717) is 11.1 Å². The molecule has 7 aromatic carbocycles. The maximum Gasteiger partial charge on any atom is 0.227 e. The van der Waals surface area contributed by atoms with Gasteiger partial charge in [-0.05, 0) is 36.4 Å². The molecule has 8 aromatic rings. The number of fused-ring (bicyclic) bond motifs is 1. The molecule has 0 aliphatic carbocycles. The second-order valence-corrected chi connectivity index (χ2v) is 15.1. The van der Waals surface area contributed by atoms with Crippen molar-refractivity contribution in [2.45, 2.75) is 6.54 Å². The van der Waals surface area contributed by atoms with Crippen molar-refractivity contribution >= 4 is 44.7 Å². The van der Waals surface area contributed by atoms with Gasteiger partial charge in [0.15, 0.2) is 69.8 Å². The maximum absolute atomic E-state index is 15.4. The van der Waals surface area contributed by atoms with Crippen LogP contribution in [0.1, 0.15) is 15.9 Å². The lowest BCUT2D eigenvalue weighted by Crippen LogP contribution is -2.81. The molecule has 0 aliphatic rings. The smallest absolute Gasteiger partial charge is 0.227 e. The van der Waals surface area contributed by atoms with E-state index in [4.69, 9.17) is 5.26 Å². The van der Waals surface area contributed by atoms with Gasteiger partial charge in [-0.15, -0.1) is 21.9 Å². The summed E-state index contributed by atoms with van der Waals surface area (Å²) >= 11 is 0. The van der Waals surface area contributed by atoms with Crippen molar-refractivity contribution in [3.8, 4) is 17.3 Å². The Morgan fingerprint density at radius 2 is 0.708 bits per heavy atom. The molecule has 0 fully saturated rings. The molecule has 0 bridgehead atoms. The first-order valence-electron chi connectivity index (χ1n) is 19.7. The van der Waals surface area contributed by atoms with Crippen molar-refractivity contribution in [3.63, 3.8) is 0 Å². The fraction of sp³-hybridized carbons (Fsp3) is 0.0208. The summed E-state index contributed by atoms with van der Waals surface area (Å²) in [5, 5.41) is 10.1. The quantitative estimate of drug-likeness (QED) is 0.0380. The number of pyridine rings is 1. The number of carbonyl (C=O) groups excluding carboxylic acids is 1. The standard InChI is InChI=1S/C24BF20.C24H17N2O/c26-5-1(6(27)14(35)21(42)13(5)34)25(2-7(28)15(36)22(43)16(37)8(2)29,3-9(30)17(38)23(44)18(39)10(3)31)4-11(32)19(40)24(45)20(41)12(4)33;25-16-18-10-12-20(13-11-18)23-15-14-19-6-4-5-9-22(19)26(23)17-24(27)21-7-2-1-3-8-21/h;1-15H,17H2/q-1;+1. The van der Waals surface area contributed by atoms with Crippen LogP contribution < -0.4 is 26.4 Å². The van der Waals surface area contributed by atoms with Crippen LogP contribution >= 0.6 is 0 Å². The summed E-state index contributed by atoms with van der Waals surface area (Å²) < 4.78 is 296. The summed E-state index contributed by atoms with van der Waals surface area (Å²) in [6.45, 7) is 0.251. The number of ketones is 1. The van der Waals surface area contributed by atoms with Crippen molar-refractivity contribution in [1.29, 1.82) is 5.26 Å². The van der Waals surface area contributed by atoms with Crippen LogP contribution in [0.3, 0.4) is 0 Å². The Labute approximate surface area is 389 Å². The van der Waals surface area contributed by atoms with Gasteiger partial charge in [0.25, 0.3) is 0 Å². The van der Waals surface area contributed by atoms with Crippen molar-refractivity contribution in [2.75, 3.05) is 0 Å². The van der Waals surface area contributed by atoms with Crippen LogP contribution in [-0.2, 0) is 6.54 Å². The molecule has 24 heteroatoms. The Morgan fingerprint density at radius 1 is 0.389 bits per heavy atom. The highest BCUT2D eigenvalue weighted by Gasteiger charge is 2.52. The lowest BCUT2D eigenvalue weighted by molar-refractivity contribution is -0.646. The van der Waals surface area contributed by atoms with Gasteiger partial charge in [-0.2, -0.15) is 9.83 Å². The second-order valence-electron chi connectivity index (χ2n) is 15.1. The summed E-state index contributed by atoms with van der Waals surface area (Å²) in [7, 11) is 0. The minimum Gasteiger partial charge on any atom is -0.287 e. The summed E-state index contributed by atoms with van der Waals surface area (Å²) in [6, 6.07) is 31.1. The Hall–Kier alpha value is -8.23. The average molecular weight is 1030 g/mol. The van der Waals surface area contributed by atoms with Gasteiger partial charge < -0.3 is 0 Å². The van der Waals surface area contributed by atoms with E-state index in [-0.39, 0.29) is 12.3 Å². The van der Waals surface area contributed by atoms with Crippen LogP contribution in [0.5, 0.6) is 0 Å². The van der Waals surface area contributed by atoms with Crippen molar-refractivity contribution in [1.82, 2.24) is 0 Å². The van der Waals surface area contributed by atoms with Gasteiger partial charge in [-0.1, -0.05) is 42.5 Å². The van der Waals surface area contributed by atoms with Crippen molar-refractivity contribution in [3.05, 3.63) is 218 Å². The monoisotopic (exact) mass is 1030 g/mol. The number of nitrogens with zero attached hydrogens (tertiary/aromatic N) is 2. The molecule has 368 valence electrons. The number of nitriles is 1. The van der Waals surface area contributed by atoms with Gasteiger partial charge in [0.2, 0.25) is 23.5 Å². The zero-order chi connectivity index (χ0) is 53.0. The largest absolute Gasteiger partial charge is 0.287 e. The number of carbonyl (C=O) groups is 1. The molecular formula is C48H17BF20N2O. The fourth-order valence-corrected chi connectivity index (χ4v) is 8.13. The van der Waals surface area contributed by atoms with Gasteiger partial charge in [0, 0.05) is 28.6 Å². The minimum absolute atomic E-state index is 0.0619. The molecule has 0 amide bonds. The van der Waals surface area contributed by atoms with Gasteiger partial charge in [-0.3, -0.25) is 4.79 Å². The van der Waals surface area contributed by atoms with Crippen LogP contribution in [0.15, 0.2) is 91.0 Å².